The van der Waals surface area contributed by atoms with E-state index >= 15 is 0 Å². The van der Waals surface area contributed by atoms with E-state index in [1.165, 1.54) is 30.3 Å². The molecule has 0 bridgehead atoms. The van der Waals surface area contributed by atoms with E-state index in [0.717, 1.165) is 68.2 Å². The van der Waals surface area contributed by atoms with E-state index in [1.807, 2.05) is 19.1 Å². The molecule has 0 radical (unpaired) electrons. The van der Waals surface area contributed by atoms with Crippen molar-refractivity contribution in [1.29, 1.82) is 0 Å². The van der Waals surface area contributed by atoms with Crippen LogP contribution < -0.4 is 22.1 Å². The third-order valence-electron chi connectivity index (χ3n) is 9.59. The Bertz CT molecular complexity index is 1620. The van der Waals surface area contributed by atoms with Crippen LogP contribution in [0.5, 0.6) is 0 Å². The molecule has 59 heavy (non-hydrogen) atoms. The van der Waals surface area contributed by atoms with Crippen LogP contribution in [0.25, 0.3) is 0 Å². The van der Waals surface area contributed by atoms with E-state index in [0.29, 0.717) is 35.6 Å². The Kier molecular flexibility index (Phi) is 31.4. The van der Waals surface area contributed by atoms with Gasteiger partial charge in [0.1, 0.15) is 5.82 Å². The predicted octanol–water partition coefficient (Wildman–Crippen LogP) is 9.57. The maximum Gasteiger partial charge on any atom is 0.269 e. The van der Waals surface area contributed by atoms with E-state index in [1.54, 1.807) is 12.1 Å². The highest BCUT2D eigenvalue weighted by Crippen LogP contribution is 2.22. The molecule has 0 heterocycles. The van der Waals surface area contributed by atoms with Crippen molar-refractivity contribution in [3.63, 3.8) is 0 Å². The number of rotatable bonds is 17. The molecule has 0 fully saturated rings. The molecule has 3 aromatic carbocycles. The molecule has 13 nitrogen and oxygen atoms in total. The second kappa shape index (κ2) is 31.1. The van der Waals surface area contributed by atoms with Crippen molar-refractivity contribution in [2.75, 3.05) is 70.2 Å². The number of nitrogen functional groups attached to an aromatic ring is 1. The number of nitrogens with zero attached hydrogens (tertiary/aromatic N) is 5. The molecule has 0 aliphatic heterocycles. The minimum Gasteiger partial charge on any atom is -0.399 e. The van der Waals surface area contributed by atoms with Gasteiger partial charge in [0, 0.05) is 98.2 Å². The van der Waals surface area contributed by atoms with Crippen LogP contribution >= 0.6 is 24.8 Å². The van der Waals surface area contributed by atoms with Gasteiger partial charge in [-0.3, -0.25) is 25.1 Å². The molecule has 0 aromatic heterocycles. The van der Waals surface area contributed by atoms with E-state index in [9.17, 15) is 24.6 Å². The van der Waals surface area contributed by atoms with Gasteiger partial charge in [0.2, 0.25) is 0 Å². The van der Waals surface area contributed by atoms with Gasteiger partial charge in [0.15, 0.2) is 0 Å². The fourth-order valence-corrected chi connectivity index (χ4v) is 6.02. The van der Waals surface area contributed by atoms with Crippen molar-refractivity contribution >= 4 is 53.3 Å². The maximum atomic E-state index is 12.5. The van der Waals surface area contributed by atoms with Gasteiger partial charge in [-0.05, 0) is 143 Å². The quantitative estimate of drug-likeness (QED) is 0.0578. The number of nitrogens with two attached hydrogens (primary N) is 2. The Balaban J connectivity index is -0.000000738. The first-order chi connectivity index (χ1) is 26.5. The molecular formula is C43H76Cl2FN9O4. The van der Waals surface area contributed by atoms with Gasteiger partial charge >= 0.3 is 0 Å². The first-order valence-electron chi connectivity index (χ1n) is 19.9. The Morgan fingerprint density at radius 2 is 1.14 bits per heavy atom. The average molecular weight is 873 g/mol. The minimum absolute atomic E-state index is 0. The second-order valence-electron chi connectivity index (χ2n) is 15.7. The SMILES string of the molecule is CC(C)N(C)CCN.Cc1cc(N)ccc1NCCC(C(C)C)N(C)C.Cc1cc([N+](=O)[O-])ccc1F.Cc1cc([N+](=O)[O-])ccc1NCCN(C(C)C)C(C)C.Cl.Cl. The van der Waals surface area contributed by atoms with Crippen LogP contribution in [0.4, 0.5) is 32.8 Å². The van der Waals surface area contributed by atoms with Crippen LogP contribution in [0.15, 0.2) is 54.6 Å². The summed E-state index contributed by atoms with van der Waals surface area (Å²) in [6.45, 7) is 27.6. The fourth-order valence-electron chi connectivity index (χ4n) is 6.02. The highest BCUT2D eigenvalue weighted by Gasteiger charge is 2.16. The molecule has 1 atom stereocenters. The third-order valence-corrected chi connectivity index (χ3v) is 9.59. The number of nitro benzene ring substituents is 2. The lowest BCUT2D eigenvalue weighted by Crippen LogP contribution is -2.40. The first kappa shape index (κ1) is 59.5. The summed E-state index contributed by atoms with van der Waals surface area (Å²) in [6, 6.07) is 16.6. The number of aryl methyl sites for hydroxylation is 3. The summed E-state index contributed by atoms with van der Waals surface area (Å²) in [7, 11) is 6.38. The van der Waals surface area contributed by atoms with Gasteiger partial charge < -0.3 is 31.9 Å². The molecule has 3 aromatic rings. The van der Waals surface area contributed by atoms with Crippen LogP contribution in [-0.2, 0) is 0 Å². The third kappa shape index (κ3) is 24.2. The van der Waals surface area contributed by atoms with E-state index in [4.69, 9.17) is 11.5 Å². The number of hydrogen-bond donors (Lipinski definition) is 4. The topological polar surface area (TPSA) is 172 Å². The van der Waals surface area contributed by atoms with Gasteiger partial charge in [-0.25, -0.2) is 4.39 Å². The molecule has 0 saturated carbocycles. The highest BCUT2D eigenvalue weighted by molar-refractivity contribution is 5.85. The lowest BCUT2D eigenvalue weighted by molar-refractivity contribution is -0.385. The number of nitro groups is 2. The summed E-state index contributed by atoms with van der Waals surface area (Å²) in [5.74, 6) is 0.255. The van der Waals surface area contributed by atoms with Crippen molar-refractivity contribution in [1.82, 2.24) is 14.7 Å². The molecule has 6 N–H and O–H groups in total. The largest absolute Gasteiger partial charge is 0.399 e. The number of hydrogen-bond acceptors (Lipinski definition) is 11. The van der Waals surface area contributed by atoms with E-state index in [-0.39, 0.29) is 41.1 Å². The molecule has 338 valence electrons. The molecule has 3 rings (SSSR count). The van der Waals surface area contributed by atoms with Gasteiger partial charge in [-0.15, -0.1) is 24.8 Å². The fraction of sp³-hybridized carbons (Fsp3) is 0.581. The number of benzene rings is 3. The maximum absolute atomic E-state index is 12.5. The number of nitrogens with one attached hydrogen (secondary N) is 2. The molecule has 0 aliphatic rings. The second-order valence-corrected chi connectivity index (χ2v) is 15.7. The van der Waals surface area contributed by atoms with Crippen molar-refractivity contribution in [2.45, 2.75) is 107 Å². The van der Waals surface area contributed by atoms with Gasteiger partial charge in [-0.1, -0.05) is 13.8 Å². The van der Waals surface area contributed by atoms with E-state index in [2.05, 4.69) is 115 Å². The molecule has 16 heteroatoms. The van der Waals surface area contributed by atoms with Crippen molar-refractivity contribution in [2.24, 2.45) is 11.7 Å². The molecular weight excluding hydrogens is 796 g/mol. The Labute approximate surface area is 367 Å². The minimum atomic E-state index is -0.549. The number of halogens is 3. The molecule has 0 amide bonds. The summed E-state index contributed by atoms with van der Waals surface area (Å²) in [4.78, 5) is 26.9. The molecule has 0 spiro atoms. The van der Waals surface area contributed by atoms with Gasteiger partial charge in [-0.2, -0.15) is 0 Å². The predicted molar refractivity (Wildman–Crippen MR) is 253 cm³/mol. The number of likely N-dealkylation sites (N-methyl/N-ethyl adjacent to an activating group) is 1. The smallest absolute Gasteiger partial charge is 0.269 e. The molecule has 0 saturated heterocycles. The normalized spacial score (nSPS) is 11.2. The zero-order chi connectivity index (χ0) is 44.0. The highest BCUT2D eigenvalue weighted by atomic mass is 35.5. The summed E-state index contributed by atoms with van der Waals surface area (Å²) in [6.07, 6.45) is 1.15. The van der Waals surface area contributed by atoms with E-state index < -0.39 is 10.7 Å². The monoisotopic (exact) mass is 872 g/mol. The van der Waals surface area contributed by atoms with Crippen molar-refractivity contribution < 1.29 is 14.2 Å². The Morgan fingerprint density at radius 3 is 1.51 bits per heavy atom. The average Bonchev–Trinajstić information content (AvgIpc) is 3.11. The molecule has 0 aliphatic carbocycles. The Morgan fingerprint density at radius 1 is 0.678 bits per heavy atom. The van der Waals surface area contributed by atoms with Crippen LogP contribution in [0, 0.1) is 52.7 Å². The number of non-ortho nitro benzene ring substituents is 2. The van der Waals surface area contributed by atoms with Crippen molar-refractivity contribution in [3.05, 3.63) is 97.3 Å². The standard InChI is InChI=1S/C15H25N3O2.C15H27N3.C7H6FNO2.C6H16N2.2ClH/c1-11(2)17(12(3)4)9-8-16-15-7-6-14(18(19)20)10-13(15)5;1-11(2)15(18(4)5)8-9-17-14-7-6-13(16)10-12(14)3;1-5-4-6(9(10)11)2-3-7(5)8;1-6(2)8(3)5-4-7;;/h6-7,10-12,16H,8-9H2,1-5H3;6-7,10-11,15,17H,8-9,16H2,1-5H3;2-4H,1H3;6H,4-5,7H2,1-3H3;2*1H. The van der Waals surface area contributed by atoms with Crippen LogP contribution in [-0.4, -0.2) is 103 Å². The lowest BCUT2D eigenvalue weighted by atomic mass is 10.00. The summed E-state index contributed by atoms with van der Waals surface area (Å²) in [5, 5.41) is 27.7. The zero-order valence-electron chi connectivity index (χ0n) is 38.0. The van der Waals surface area contributed by atoms with Crippen LogP contribution in [0.1, 0.15) is 78.5 Å². The summed E-state index contributed by atoms with van der Waals surface area (Å²) >= 11 is 0. The zero-order valence-corrected chi connectivity index (χ0v) is 39.7. The summed E-state index contributed by atoms with van der Waals surface area (Å²) < 4.78 is 12.5. The van der Waals surface area contributed by atoms with Gasteiger partial charge in [0.25, 0.3) is 11.4 Å². The Hall–Kier alpha value is -3.79. The first-order valence-corrected chi connectivity index (χ1v) is 19.9. The number of anilines is 3. The lowest BCUT2D eigenvalue weighted by Gasteiger charge is -2.30. The van der Waals surface area contributed by atoms with Crippen LogP contribution in [0.2, 0.25) is 0 Å². The summed E-state index contributed by atoms with van der Waals surface area (Å²) in [5.41, 5.74) is 16.5. The van der Waals surface area contributed by atoms with Gasteiger partial charge in [0.05, 0.1) is 9.85 Å². The van der Waals surface area contributed by atoms with Crippen molar-refractivity contribution in [3.8, 4) is 0 Å². The molecule has 1 unspecified atom stereocenters. The van der Waals surface area contributed by atoms with Crippen LogP contribution in [0.3, 0.4) is 0 Å².